The number of nitrogens with one attached hydrogen (secondary N) is 1. The Hall–Kier alpha value is -2.54. The minimum absolute atomic E-state index is 0.0608. The largest absolute Gasteiger partial charge is 0.504 e. The molecule has 0 fully saturated rings. The molecular formula is C17H20N2O4S. The van der Waals surface area contributed by atoms with Crippen LogP contribution in [-0.4, -0.2) is 24.8 Å². The maximum absolute atomic E-state index is 12.2. The number of hydrogen-bond acceptors (Lipinski definition) is 5. The minimum atomic E-state index is -3.77. The Balaban J connectivity index is 2.13. The number of rotatable bonds is 4. The Labute approximate surface area is 141 Å². The van der Waals surface area contributed by atoms with E-state index in [1.54, 1.807) is 12.1 Å². The number of hydrogen-bond donors (Lipinski definition) is 3. The Morgan fingerprint density at radius 2 is 1.62 bits per heavy atom. The van der Waals surface area contributed by atoms with Crippen LogP contribution in [0.5, 0.6) is 11.5 Å². The molecule has 0 saturated carbocycles. The van der Waals surface area contributed by atoms with E-state index in [-0.39, 0.29) is 21.8 Å². The molecule has 3 N–H and O–H groups in total. The molecule has 7 heteroatoms. The summed E-state index contributed by atoms with van der Waals surface area (Å²) in [5.74, 6) is -0.564. The Morgan fingerprint density at radius 1 is 1.00 bits per heavy atom. The van der Waals surface area contributed by atoms with Crippen molar-refractivity contribution in [3.63, 3.8) is 0 Å². The van der Waals surface area contributed by atoms with Gasteiger partial charge in [-0.25, -0.2) is 4.83 Å². The first-order valence-corrected chi connectivity index (χ1v) is 8.75. The zero-order valence-corrected chi connectivity index (χ0v) is 14.5. The fourth-order valence-corrected chi connectivity index (χ4v) is 2.77. The minimum Gasteiger partial charge on any atom is -0.504 e. The molecule has 2 aromatic carbocycles. The average Bonchev–Trinajstić information content (AvgIpc) is 2.50. The van der Waals surface area contributed by atoms with Crippen molar-refractivity contribution in [2.75, 3.05) is 0 Å². The molecule has 24 heavy (non-hydrogen) atoms. The van der Waals surface area contributed by atoms with E-state index in [0.717, 1.165) is 5.56 Å². The van der Waals surface area contributed by atoms with Gasteiger partial charge in [0.15, 0.2) is 11.5 Å². The molecule has 0 unspecified atom stereocenters. The zero-order valence-electron chi connectivity index (χ0n) is 13.7. The summed E-state index contributed by atoms with van der Waals surface area (Å²) < 4.78 is 24.4. The van der Waals surface area contributed by atoms with Gasteiger partial charge in [-0.05, 0) is 46.9 Å². The van der Waals surface area contributed by atoms with E-state index in [1.807, 2.05) is 20.8 Å². The summed E-state index contributed by atoms with van der Waals surface area (Å²) in [7, 11) is -3.77. The molecular weight excluding hydrogens is 328 g/mol. The van der Waals surface area contributed by atoms with Gasteiger partial charge in [0.05, 0.1) is 11.1 Å². The topological polar surface area (TPSA) is 99.0 Å². The summed E-state index contributed by atoms with van der Waals surface area (Å²) in [6.45, 7) is 6.14. The van der Waals surface area contributed by atoms with Crippen molar-refractivity contribution in [3.05, 3.63) is 53.6 Å². The third kappa shape index (κ3) is 4.26. The number of hydrazone groups is 1. The maximum Gasteiger partial charge on any atom is 0.276 e. The van der Waals surface area contributed by atoms with E-state index in [0.29, 0.717) is 5.56 Å². The van der Waals surface area contributed by atoms with E-state index in [2.05, 4.69) is 9.93 Å². The molecule has 0 amide bonds. The molecule has 0 aliphatic carbocycles. The number of phenolic OH excluding ortho intramolecular Hbond substituents is 2. The fraction of sp³-hybridized carbons (Fsp3) is 0.235. The third-order valence-corrected chi connectivity index (χ3v) is 4.66. The van der Waals surface area contributed by atoms with Crippen molar-refractivity contribution < 1.29 is 18.6 Å². The highest BCUT2D eigenvalue weighted by Gasteiger charge is 2.16. The summed E-state index contributed by atoms with van der Waals surface area (Å²) in [6.07, 6.45) is 1.24. The van der Waals surface area contributed by atoms with Crippen LogP contribution in [0.25, 0.3) is 0 Å². The van der Waals surface area contributed by atoms with Crippen LogP contribution in [0, 0.1) is 0 Å². The van der Waals surface area contributed by atoms with Gasteiger partial charge in [-0.3, -0.25) is 0 Å². The SMILES string of the molecule is CC(C)(C)c1ccc(S(=O)(=O)N/N=C\c2ccc(O)c(O)c2)cc1. The van der Waals surface area contributed by atoms with Gasteiger partial charge in [-0.1, -0.05) is 32.9 Å². The van der Waals surface area contributed by atoms with E-state index < -0.39 is 10.0 Å². The lowest BCUT2D eigenvalue weighted by Gasteiger charge is -2.19. The monoisotopic (exact) mass is 348 g/mol. The van der Waals surface area contributed by atoms with E-state index in [1.165, 1.54) is 36.5 Å². The second kappa shape index (κ2) is 6.52. The highest BCUT2D eigenvalue weighted by Crippen LogP contribution is 2.24. The van der Waals surface area contributed by atoms with Gasteiger partial charge in [0.25, 0.3) is 10.0 Å². The van der Waals surface area contributed by atoms with Crippen molar-refractivity contribution in [1.29, 1.82) is 0 Å². The van der Waals surface area contributed by atoms with Crippen LogP contribution in [0.15, 0.2) is 52.5 Å². The van der Waals surface area contributed by atoms with Crippen molar-refractivity contribution in [1.82, 2.24) is 4.83 Å². The number of benzene rings is 2. The Kier molecular flexibility index (Phi) is 4.84. The van der Waals surface area contributed by atoms with Crippen LogP contribution in [0.3, 0.4) is 0 Å². The van der Waals surface area contributed by atoms with Crippen LogP contribution in [0.4, 0.5) is 0 Å². The predicted octanol–water partition coefficient (Wildman–Crippen LogP) is 2.71. The molecule has 0 spiro atoms. The summed E-state index contributed by atoms with van der Waals surface area (Å²) >= 11 is 0. The number of nitrogens with zero attached hydrogens (tertiary/aromatic N) is 1. The number of aromatic hydroxyl groups is 2. The first kappa shape index (κ1) is 17.8. The highest BCUT2D eigenvalue weighted by molar-refractivity contribution is 7.89. The molecule has 0 heterocycles. The molecule has 0 bridgehead atoms. The highest BCUT2D eigenvalue weighted by atomic mass is 32.2. The number of sulfonamides is 1. The van der Waals surface area contributed by atoms with Gasteiger partial charge >= 0.3 is 0 Å². The smallest absolute Gasteiger partial charge is 0.276 e. The summed E-state index contributed by atoms with van der Waals surface area (Å²) in [6, 6.07) is 10.7. The lowest BCUT2D eigenvalue weighted by molar-refractivity contribution is 0.403. The summed E-state index contributed by atoms with van der Waals surface area (Å²) in [4.78, 5) is 2.23. The molecule has 0 atom stereocenters. The first-order valence-electron chi connectivity index (χ1n) is 7.27. The van der Waals surface area contributed by atoms with E-state index in [4.69, 9.17) is 0 Å². The standard InChI is InChI=1S/C17H20N2O4S/c1-17(2,3)13-5-7-14(8-6-13)24(22,23)19-18-11-12-4-9-15(20)16(21)10-12/h4-11,19-21H,1-3H3/b18-11-. The molecule has 0 saturated heterocycles. The van der Waals surface area contributed by atoms with Crippen molar-refractivity contribution >= 4 is 16.2 Å². The van der Waals surface area contributed by atoms with Crippen LogP contribution in [-0.2, 0) is 15.4 Å². The Morgan fingerprint density at radius 3 is 2.17 bits per heavy atom. The van der Waals surface area contributed by atoms with Crippen LogP contribution < -0.4 is 4.83 Å². The molecule has 6 nitrogen and oxygen atoms in total. The second-order valence-corrected chi connectivity index (χ2v) is 8.04. The molecule has 2 rings (SSSR count). The van der Waals surface area contributed by atoms with Crippen LogP contribution in [0.2, 0.25) is 0 Å². The molecule has 0 radical (unpaired) electrons. The summed E-state index contributed by atoms with van der Waals surface area (Å²) in [5.41, 5.74) is 1.41. The maximum atomic E-state index is 12.2. The van der Waals surface area contributed by atoms with Crippen molar-refractivity contribution in [2.45, 2.75) is 31.1 Å². The fourth-order valence-electron chi connectivity index (χ4n) is 1.98. The van der Waals surface area contributed by atoms with Crippen LogP contribution in [0.1, 0.15) is 31.9 Å². The van der Waals surface area contributed by atoms with Gasteiger partial charge in [-0.15, -0.1) is 0 Å². The zero-order chi connectivity index (χ0) is 18.0. The van der Waals surface area contributed by atoms with Gasteiger partial charge < -0.3 is 10.2 Å². The molecule has 2 aromatic rings. The van der Waals surface area contributed by atoms with Gasteiger partial charge in [0, 0.05) is 0 Å². The normalized spacial score (nSPS) is 12.5. The predicted molar refractivity (Wildman–Crippen MR) is 92.8 cm³/mol. The summed E-state index contributed by atoms with van der Waals surface area (Å²) in [5, 5.41) is 22.3. The molecule has 0 aliphatic heterocycles. The first-order chi connectivity index (χ1) is 11.1. The van der Waals surface area contributed by atoms with Gasteiger partial charge in [0.2, 0.25) is 0 Å². The molecule has 0 aliphatic rings. The van der Waals surface area contributed by atoms with Crippen LogP contribution >= 0.6 is 0 Å². The van der Waals surface area contributed by atoms with Gasteiger partial charge in [0.1, 0.15) is 0 Å². The quantitative estimate of drug-likeness (QED) is 0.449. The van der Waals surface area contributed by atoms with E-state index in [9.17, 15) is 18.6 Å². The van der Waals surface area contributed by atoms with Crippen molar-refractivity contribution in [2.24, 2.45) is 5.10 Å². The molecule has 0 aromatic heterocycles. The van der Waals surface area contributed by atoms with Crippen molar-refractivity contribution in [3.8, 4) is 11.5 Å². The average molecular weight is 348 g/mol. The second-order valence-electron chi connectivity index (χ2n) is 6.38. The van der Waals surface area contributed by atoms with E-state index >= 15 is 0 Å². The third-order valence-electron chi connectivity index (χ3n) is 3.42. The van der Waals surface area contributed by atoms with Gasteiger partial charge in [-0.2, -0.15) is 13.5 Å². The molecule has 128 valence electrons. The lowest BCUT2D eigenvalue weighted by Crippen LogP contribution is -2.19. The number of phenols is 2. The Bertz CT molecular complexity index is 851. The lowest BCUT2D eigenvalue weighted by atomic mass is 9.87.